The van der Waals surface area contributed by atoms with Crippen molar-refractivity contribution in [2.75, 3.05) is 0 Å². The minimum atomic E-state index is -1.32. The number of hydrogen-bond donors (Lipinski definition) is 1. The highest BCUT2D eigenvalue weighted by Gasteiger charge is 2.30. The summed E-state index contributed by atoms with van der Waals surface area (Å²) in [7, 11) is 0. The number of non-ortho nitro benzene ring substituents is 1. The summed E-state index contributed by atoms with van der Waals surface area (Å²) in [6, 6.07) is 3.71. The smallest absolute Gasteiger partial charge is 0.444 e. The molecule has 0 aromatic heterocycles. The number of nitro groups is 1. The van der Waals surface area contributed by atoms with Crippen LogP contribution in [0, 0.1) is 16.0 Å². The Morgan fingerprint density at radius 1 is 1.03 bits per heavy atom. The van der Waals surface area contributed by atoms with Crippen LogP contribution in [-0.2, 0) is 19.0 Å². The summed E-state index contributed by atoms with van der Waals surface area (Å²) >= 11 is 0. The van der Waals surface area contributed by atoms with Gasteiger partial charge in [0.15, 0.2) is 0 Å². The lowest BCUT2D eigenvalue weighted by atomic mass is 10.1. The third kappa shape index (κ3) is 8.76. The monoisotopic (exact) mass is 426 g/mol. The standard InChI is InChI=1S/C19H26N2O9/c1-11(2)15(20-17(23)30-19(4,5)6)16(22)27-12(3)28-18(24)29-14-9-7-13(8-10-14)21(25)26/h7-12,15H,1-6H3,(H,20,23). The Morgan fingerprint density at radius 2 is 1.60 bits per heavy atom. The molecule has 0 spiro atoms. The molecule has 11 nitrogen and oxygen atoms in total. The van der Waals surface area contributed by atoms with E-state index in [4.69, 9.17) is 18.9 Å². The summed E-state index contributed by atoms with van der Waals surface area (Å²) in [5.41, 5.74) is -0.914. The first-order valence-electron chi connectivity index (χ1n) is 9.11. The molecule has 1 rings (SSSR count). The molecule has 0 bridgehead atoms. The van der Waals surface area contributed by atoms with Gasteiger partial charge in [0.25, 0.3) is 5.69 Å². The van der Waals surface area contributed by atoms with Crippen molar-refractivity contribution in [3.8, 4) is 5.75 Å². The van der Waals surface area contributed by atoms with Crippen LogP contribution in [0.25, 0.3) is 0 Å². The number of esters is 1. The molecule has 0 heterocycles. The Morgan fingerprint density at radius 3 is 2.07 bits per heavy atom. The molecule has 2 atom stereocenters. The van der Waals surface area contributed by atoms with Crippen LogP contribution >= 0.6 is 0 Å². The Kier molecular flexibility index (Phi) is 8.57. The van der Waals surface area contributed by atoms with Crippen molar-refractivity contribution in [1.82, 2.24) is 5.32 Å². The van der Waals surface area contributed by atoms with Crippen LogP contribution < -0.4 is 10.1 Å². The number of carbonyl (C=O) groups excluding carboxylic acids is 3. The highest BCUT2D eigenvalue weighted by Crippen LogP contribution is 2.18. The van der Waals surface area contributed by atoms with E-state index in [1.54, 1.807) is 34.6 Å². The van der Waals surface area contributed by atoms with Crippen LogP contribution in [-0.4, -0.2) is 41.1 Å². The number of nitro benzene ring substituents is 1. The molecule has 11 heteroatoms. The topological polar surface area (TPSA) is 143 Å². The van der Waals surface area contributed by atoms with Gasteiger partial charge in [0.05, 0.1) is 4.92 Å². The molecule has 0 aliphatic heterocycles. The molecule has 0 saturated carbocycles. The number of amides is 1. The van der Waals surface area contributed by atoms with E-state index in [0.717, 1.165) is 12.1 Å². The highest BCUT2D eigenvalue weighted by atomic mass is 16.8. The molecule has 0 saturated heterocycles. The fraction of sp³-hybridized carbons (Fsp3) is 0.526. The summed E-state index contributed by atoms with van der Waals surface area (Å²) < 4.78 is 19.9. The first-order chi connectivity index (χ1) is 13.8. The normalized spacial score (nSPS) is 13.0. The minimum absolute atomic E-state index is 0.00998. The number of hydrogen-bond acceptors (Lipinski definition) is 9. The van der Waals surface area contributed by atoms with E-state index in [-0.39, 0.29) is 17.4 Å². The second-order valence-corrected chi connectivity index (χ2v) is 7.59. The van der Waals surface area contributed by atoms with Gasteiger partial charge in [-0.2, -0.15) is 0 Å². The first kappa shape index (κ1) is 24.7. The van der Waals surface area contributed by atoms with Crippen molar-refractivity contribution >= 4 is 23.9 Å². The summed E-state index contributed by atoms with van der Waals surface area (Å²) in [5.74, 6) is -1.15. The van der Waals surface area contributed by atoms with Gasteiger partial charge in [-0.15, -0.1) is 0 Å². The van der Waals surface area contributed by atoms with E-state index < -0.39 is 41.1 Å². The number of alkyl carbamates (subject to hydrolysis) is 1. The summed E-state index contributed by atoms with van der Waals surface area (Å²) in [6.45, 7) is 9.72. The maximum absolute atomic E-state index is 12.3. The zero-order valence-corrected chi connectivity index (χ0v) is 17.7. The van der Waals surface area contributed by atoms with Crippen molar-refractivity contribution in [2.24, 2.45) is 5.92 Å². The molecule has 0 fully saturated rings. The van der Waals surface area contributed by atoms with Gasteiger partial charge in [0.2, 0.25) is 6.29 Å². The van der Waals surface area contributed by atoms with Gasteiger partial charge in [0.1, 0.15) is 17.4 Å². The first-order valence-corrected chi connectivity index (χ1v) is 9.11. The van der Waals surface area contributed by atoms with E-state index in [9.17, 15) is 24.5 Å². The lowest BCUT2D eigenvalue weighted by Crippen LogP contribution is -2.48. The summed E-state index contributed by atoms with van der Waals surface area (Å²) in [6.07, 6.45) is -3.28. The maximum Gasteiger partial charge on any atom is 0.516 e. The Labute approximate surface area is 173 Å². The van der Waals surface area contributed by atoms with E-state index >= 15 is 0 Å². The SMILES string of the molecule is CC(OC(=O)Oc1ccc([N+](=O)[O-])cc1)OC(=O)C(NC(=O)OC(C)(C)C)C(C)C. The average Bonchev–Trinajstić information content (AvgIpc) is 2.57. The second-order valence-electron chi connectivity index (χ2n) is 7.59. The van der Waals surface area contributed by atoms with E-state index in [1.165, 1.54) is 19.1 Å². The van der Waals surface area contributed by atoms with Crippen LogP contribution in [0.2, 0.25) is 0 Å². The number of rotatable bonds is 7. The van der Waals surface area contributed by atoms with Crippen molar-refractivity contribution in [1.29, 1.82) is 0 Å². The zero-order chi connectivity index (χ0) is 23.1. The molecule has 1 aromatic carbocycles. The summed E-state index contributed by atoms with van der Waals surface area (Å²) in [4.78, 5) is 46.1. The molecule has 0 aliphatic rings. The fourth-order valence-electron chi connectivity index (χ4n) is 2.08. The second kappa shape index (κ2) is 10.4. The number of nitrogens with one attached hydrogen (secondary N) is 1. The van der Waals surface area contributed by atoms with Crippen LogP contribution in [0.4, 0.5) is 15.3 Å². The molecule has 0 aliphatic carbocycles. The van der Waals surface area contributed by atoms with Gasteiger partial charge in [-0.3, -0.25) is 10.1 Å². The number of benzene rings is 1. The lowest BCUT2D eigenvalue weighted by molar-refractivity contribution is -0.384. The minimum Gasteiger partial charge on any atom is -0.444 e. The third-order valence-electron chi connectivity index (χ3n) is 3.39. The zero-order valence-electron chi connectivity index (χ0n) is 17.7. The molecular formula is C19H26N2O9. The van der Waals surface area contributed by atoms with E-state index in [0.29, 0.717) is 0 Å². The highest BCUT2D eigenvalue weighted by molar-refractivity contribution is 5.81. The molecule has 166 valence electrons. The van der Waals surface area contributed by atoms with Gasteiger partial charge >= 0.3 is 18.2 Å². The van der Waals surface area contributed by atoms with Gasteiger partial charge in [-0.05, 0) is 38.8 Å². The molecule has 0 radical (unpaired) electrons. The molecule has 1 amide bonds. The van der Waals surface area contributed by atoms with E-state index in [2.05, 4.69) is 5.32 Å². The van der Waals surface area contributed by atoms with Crippen LogP contribution in [0.1, 0.15) is 41.5 Å². The molecule has 30 heavy (non-hydrogen) atoms. The number of ether oxygens (including phenoxy) is 4. The molecular weight excluding hydrogens is 400 g/mol. The number of nitrogens with zero attached hydrogens (tertiary/aromatic N) is 1. The van der Waals surface area contributed by atoms with E-state index in [1.807, 2.05) is 0 Å². The number of carbonyl (C=O) groups is 3. The largest absolute Gasteiger partial charge is 0.516 e. The third-order valence-corrected chi connectivity index (χ3v) is 3.39. The van der Waals surface area contributed by atoms with Crippen molar-refractivity contribution < 1.29 is 38.3 Å². The fourth-order valence-corrected chi connectivity index (χ4v) is 2.08. The average molecular weight is 426 g/mol. The maximum atomic E-state index is 12.3. The predicted octanol–water partition coefficient (Wildman–Crippen LogP) is 3.55. The molecule has 1 N–H and O–H groups in total. The Balaban J connectivity index is 2.60. The summed E-state index contributed by atoms with van der Waals surface area (Å²) in [5, 5.41) is 13.0. The van der Waals surface area contributed by atoms with Crippen molar-refractivity contribution in [3.05, 3.63) is 34.4 Å². The van der Waals surface area contributed by atoms with Gasteiger partial charge in [0, 0.05) is 19.1 Å². The van der Waals surface area contributed by atoms with Gasteiger partial charge in [-0.1, -0.05) is 13.8 Å². The Hall–Kier alpha value is -3.37. The van der Waals surface area contributed by atoms with Crippen molar-refractivity contribution in [2.45, 2.75) is 59.5 Å². The quantitative estimate of drug-likeness (QED) is 0.227. The van der Waals surface area contributed by atoms with Crippen LogP contribution in [0.5, 0.6) is 5.75 Å². The lowest BCUT2D eigenvalue weighted by Gasteiger charge is -2.25. The molecule has 1 aromatic rings. The van der Waals surface area contributed by atoms with Crippen LogP contribution in [0.3, 0.4) is 0 Å². The van der Waals surface area contributed by atoms with Gasteiger partial charge < -0.3 is 24.3 Å². The Bertz CT molecular complexity index is 769. The predicted molar refractivity (Wildman–Crippen MR) is 104 cm³/mol. The van der Waals surface area contributed by atoms with Crippen molar-refractivity contribution in [3.63, 3.8) is 0 Å². The van der Waals surface area contributed by atoms with Gasteiger partial charge in [-0.25, -0.2) is 14.4 Å². The molecule has 2 unspecified atom stereocenters. The van der Waals surface area contributed by atoms with Crippen LogP contribution in [0.15, 0.2) is 24.3 Å².